The number of rotatable bonds is 4. The van der Waals surface area contributed by atoms with Gasteiger partial charge in [-0.05, 0) is 103 Å². The minimum Gasteiger partial charge on any atom is -0.308 e. The minimum absolute atomic E-state index is 0.0731. The Kier molecular flexibility index (Phi) is 6.33. The molecule has 0 N–H and O–H groups in total. The van der Waals surface area contributed by atoms with Gasteiger partial charge in [0.15, 0.2) is 0 Å². The topological polar surface area (TPSA) is 8.17 Å². The molecule has 10 aromatic rings. The summed E-state index contributed by atoms with van der Waals surface area (Å²) in [6.45, 7) is 4.76. The molecular formula is C51H36N2. The molecule has 1 aliphatic carbocycles. The van der Waals surface area contributed by atoms with Crippen LogP contribution in [0.25, 0.3) is 70.9 Å². The zero-order valence-electron chi connectivity index (χ0n) is 29.7. The van der Waals surface area contributed by atoms with Crippen LogP contribution in [0, 0.1) is 0 Å². The van der Waals surface area contributed by atoms with Crippen molar-refractivity contribution in [1.29, 1.82) is 0 Å². The number of benzene rings is 9. The second-order valence-corrected chi connectivity index (χ2v) is 14.9. The number of para-hydroxylation sites is 4. The number of hydrogen-bond donors (Lipinski definition) is 0. The number of nitrogens with zero attached hydrogens (tertiary/aromatic N) is 2. The van der Waals surface area contributed by atoms with E-state index in [1.54, 1.807) is 0 Å². The monoisotopic (exact) mass is 676 g/mol. The third kappa shape index (κ3) is 4.27. The van der Waals surface area contributed by atoms with E-state index >= 15 is 0 Å². The van der Waals surface area contributed by atoms with Crippen molar-refractivity contribution in [2.45, 2.75) is 19.3 Å². The molecule has 9 aromatic carbocycles. The van der Waals surface area contributed by atoms with Crippen LogP contribution in [0.5, 0.6) is 0 Å². The van der Waals surface area contributed by atoms with Gasteiger partial charge in [-0.2, -0.15) is 0 Å². The van der Waals surface area contributed by atoms with Gasteiger partial charge in [0.2, 0.25) is 0 Å². The smallest absolute Gasteiger partial charge is 0.0782 e. The summed E-state index contributed by atoms with van der Waals surface area (Å²) in [6, 6.07) is 67.0. The van der Waals surface area contributed by atoms with E-state index in [-0.39, 0.29) is 5.41 Å². The zero-order valence-corrected chi connectivity index (χ0v) is 29.7. The lowest BCUT2D eigenvalue weighted by atomic mass is 9.79. The van der Waals surface area contributed by atoms with E-state index in [0.29, 0.717) is 0 Å². The van der Waals surface area contributed by atoms with E-state index in [4.69, 9.17) is 0 Å². The fourth-order valence-corrected chi connectivity index (χ4v) is 9.42. The molecule has 0 saturated carbocycles. The summed E-state index contributed by atoms with van der Waals surface area (Å²) in [4.78, 5) is 2.43. The van der Waals surface area contributed by atoms with E-state index in [1.807, 2.05) is 0 Å². The van der Waals surface area contributed by atoms with E-state index in [9.17, 15) is 0 Å². The first-order valence-corrected chi connectivity index (χ1v) is 18.5. The predicted octanol–water partition coefficient (Wildman–Crippen LogP) is 14.0. The first kappa shape index (κ1) is 30.0. The number of fused-ring (bicyclic) bond motifs is 12. The first-order chi connectivity index (χ1) is 26.1. The molecule has 0 atom stereocenters. The molecule has 1 aromatic heterocycles. The fourth-order valence-electron chi connectivity index (χ4n) is 9.42. The molecule has 2 heteroatoms. The predicted molar refractivity (Wildman–Crippen MR) is 226 cm³/mol. The summed E-state index contributed by atoms with van der Waals surface area (Å²) >= 11 is 0. The molecule has 2 nitrogen and oxygen atoms in total. The largest absolute Gasteiger partial charge is 0.308 e. The lowest BCUT2D eigenvalue weighted by Crippen LogP contribution is -2.15. The highest BCUT2D eigenvalue weighted by Gasteiger charge is 2.36. The van der Waals surface area contributed by atoms with E-state index < -0.39 is 0 Å². The Morgan fingerprint density at radius 2 is 1.13 bits per heavy atom. The highest BCUT2D eigenvalue weighted by atomic mass is 15.2. The van der Waals surface area contributed by atoms with Gasteiger partial charge in [-0.25, -0.2) is 0 Å². The Morgan fingerprint density at radius 1 is 0.453 bits per heavy atom. The van der Waals surface area contributed by atoms with Crippen LogP contribution in [0.2, 0.25) is 0 Å². The summed E-state index contributed by atoms with van der Waals surface area (Å²) in [7, 11) is 0. The van der Waals surface area contributed by atoms with Crippen molar-refractivity contribution in [1.82, 2.24) is 4.57 Å². The lowest BCUT2D eigenvalue weighted by molar-refractivity contribution is 0.666. The molecule has 11 rings (SSSR count). The molecule has 1 aliphatic rings. The van der Waals surface area contributed by atoms with Crippen molar-refractivity contribution in [3.05, 3.63) is 193 Å². The highest BCUT2D eigenvalue weighted by molar-refractivity contribution is 6.22. The quantitative estimate of drug-likeness (QED) is 0.168. The molecule has 1 heterocycles. The average Bonchev–Trinajstić information content (AvgIpc) is 3.67. The van der Waals surface area contributed by atoms with Crippen LogP contribution in [0.15, 0.2) is 182 Å². The van der Waals surface area contributed by atoms with Gasteiger partial charge < -0.3 is 9.47 Å². The van der Waals surface area contributed by atoms with Crippen LogP contribution >= 0.6 is 0 Å². The van der Waals surface area contributed by atoms with Crippen molar-refractivity contribution in [2.24, 2.45) is 0 Å². The van der Waals surface area contributed by atoms with Gasteiger partial charge in [-0.1, -0.05) is 147 Å². The average molecular weight is 677 g/mol. The third-order valence-corrected chi connectivity index (χ3v) is 11.7. The van der Waals surface area contributed by atoms with Gasteiger partial charge in [-0.15, -0.1) is 0 Å². The van der Waals surface area contributed by atoms with E-state index in [0.717, 1.165) is 22.7 Å². The standard InChI is InChI=1S/C51H36N2/c1-51(2)45-21-11-9-18-39(45)42-31-30-41-43(49(42)51)28-26-33-24-25-34-32-37(27-29-38(34)48(33)41)52(35-14-5-3-6-15-35)47-23-13-20-44-40-19-10-12-22-46(40)53(50(44)47)36-16-7-4-8-17-36/h3-32H,1-2H3. The molecule has 0 fully saturated rings. The maximum atomic E-state index is 2.43. The summed E-state index contributed by atoms with van der Waals surface area (Å²) in [5.74, 6) is 0. The summed E-state index contributed by atoms with van der Waals surface area (Å²) in [6.07, 6.45) is 0. The van der Waals surface area contributed by atoms with Crippen molar-refractivity contribution in [3.63, 3.8) is 0 Å². The molecule has 0 amide bonds. The van der Waals surface area contributed by atoms with E-state index in [2.05, 4.69) is 205 Å². The molecule has 0 bridgehead atoms. The Bertz CT molecular complexity index is 3080. The second-order valence-electron chi connectivity index (χ2n) is 14.9. The van der Waals surface area contributed by atoms with Gasteiger partial charge in [0, 0.05) is 33.2 Å². The highest BCUT2D eigenvalue weighted by Crippen LogP contribution is 2.52. The van der Waals surface area contributed by atoms with Crippen molar-refractivity contribution >= 4 is 71.2 Å². The number of anilines is 3. The van der Waals surface area contributed by atoms with Gasteiger partial charge >= 0.3 is 0 Å². The van der Waals surface area contributed by atoms with Crippen LogP contribution in [-0.2, 0) is 5.41 Å². The summed E-state index contributed by atoms with van der Waals surface area (Å²) < 4.78 is 2.43. The second kappa shape index (κ2) is 11.2. The molecule has 250 valence electrons. The van der Waals surface area contributed by atoms with Gasteiger partial charge in [0.05, 0.1) is 16.7 Å². The van der Waals surface area contributed by atoms with Crippen LogP contribution in [0.1, 0.15) is 25.0 Å². The maximum absolute atomic E-state index is 2.43. The summed E-state index contributed by atoms with van der Waals surface area (Å²) in [5.41, 5.74) is 12.4. The van der Waals surface area contributed by atoms with Crippen LogP contribution in [-0.4, -0.2) is 4.57 Å². The molecule has 0 radical (unpaired) electrons. The first-order valence-electron chi connectivity index (χ1n) is 18.5. The molecule has 53 heavy (non-hydrogen) atoms. The fraction of sp³-hybridized carbons (Fsp3) is 0.0588. The van der Waals surface area contributed by atoms with Gasteiger partial charge in [0.25, 0.3) is 0 Å². The van der Waals surface area contributed by atoms with Crippen LogP contribution < -0.4 is 4.90 Å². The Morgan fingerprint density at radius 3 is 2.00 bits per heavy atom. The maximum Gasteiger partial charge on any atom is 0.0782 e. The van der Waals surface area contributed by atoms with Gasteiger partial charge in [0.1, 0.15) is 0 Å². The lowest BCUT2D eigenvalue weighted by Gasteiger charge is -2.27. The summed E-state index contributed by atoms with van der Waals surface area (Å²) in [5, 5.41) is 10.2. The Labute approximate surface area is 308 Å². The van der Waals surface area contributed by atoms with Crippen LogP contribution in [0.4, 0.5) is 17.1 Å². The van der Waals surface area contributed by atoms with Crippen molar-refractivity contribution in [3.8, 4) is 16.8 Å². The molecule has 0 unspecified atom stereocenters. The Hall–Kier alpha value is -6.64. The van der Waals surface area contributed by atoms with Crippen LogP contribution in [0.3, 0.4) is 0 Å². The molecule has 0 spiro atoms. The van der Waals surface area contributed by atoms with Crippen molar-refractivity contribution in [2.75, 3.05) is 4.90 Å². The van der Waals surface area contributed by atoms with Crippen molar-refractivity contribution < 1.29 is 0 Å². The van der Waals surface area contributed by atoms with E-state index in [1.165, 1.54) is 76.4 Å². The molecular weight excluding hydrogens is 641 g/mol. The number of aromatic nitrogens is 1. The zero-order chi connectivity index (χ0) is 35.3. The SMILES string of the molecule is CC1(C)c2ccccc2-c2ccc3c(ccc4ccc5cc(N(c6ccccc6)c6cccc7c8ccccc8n(-c8ccccc8)c67)ccc5c43)c21. The normalized spacial score (nSPS) is 13.2. The molecule has 0 aliphatic heterocycles. The number of hydrogen-bond acceptors (Lipinski definition) is 1. The van der Waals surface area contributed by atoms with Gasteiger partial charge in [-0.3, -0.25) is 0 Å². The Balaban J connectivity index is 1.16. The third-order valence-electron chi connectivity index (χ3n) is 11.7. The molecule has 0 saturated heterocycles. The minimum atomic E-state index is -0.0731.